The summed E-state index contributed by atoms with van der Waals surface area (Å²) < 4.78 is 5.07. The summed E-state index contributed by atoms with van der Waals surface area (Å²) in [4.78, 5) is 12.0. The van der Waals surface area contributed by atoms with E-state index in [2.05, 4.69) is 17.2 Å². The van der Waals surface area contributed by atoms with Gasteiger partial charge in [-0.3, -0.25) is 4.79 Å². The van der Waals surface area contributed by atoms with Crippen LogP contribution < -0.4 is 11.1 Å². The van der Waals surface area contributed by atoms with Crippen molar-refractivity contribution >= 4 is 11.6 Å². The van der Waals surface area contributed by atoms with Crippen molar-refractivity contribution in [1.82, 2.24) is 0 Å². The number of anilines is 1. The Kier molecular flexibility index (Phi) is 4.59. The highest BCUT2D eigenvalue weighted by Crippen LogP contribution is 2.19. The fourth-order valence-corrected chi connectivity index (χ4v) is 1.83. The van der Waals surface area contributed by atoms with E-state index < -0.39 is 0 Å². The molecule has 3 N–H and O–H groups in total. The fourth-order valence-electron chi connectivity index (χ4n) is 1.83. The van der Waals surface area contributed by atoms with Crippen LogP contribution in [0.2, 0.25) is 0 Å². The molecule has 0 spiro atoms. The lowest BCUT2D eigenvalue weighted by Gasteiger charge is -2.09. The van der Waals surface area contributed by atoms with Crippen molar-refractivity contribution < 1.29 is 9.21 Å². The number of rotatable bonds is 3. The number of aryl methyl sites for hydroxylation is 1. The van der Waals surface area contributed by atoms with Crippen molar-refractivity contribution in [3.63, 3.8) is 0 Å². The van der Waals surface area contributed by atoms with E-state index in [1.807, 2.05) is 25.1 Å². The molecule has 1 aromatic carbocycles. The molecule has 1 heterocycles. The first-order valence-corrected chi connectivity index (χ1v) is 6.41. The van der Waals surface area contributed by atoms with Gasteiger partial charge in [0.1, 0.15) is 0 Å². The molecule has 102 valence electrons. The lowest BCUT2D eigenvalue weighted by molar-refractivity contribution is 0.0996. The van der Waals surface area contributed by atoms with Gasteiger partial charge in [-0.25, -0.2) is 0 Å². The Morgan fingerprint density at radius 3 is 2.90 bits per heavy atom. The first kappa shape index (κ1) is 13.9. The second kappa shape index (κ2) is 6.60. The van der Waals surface area contributed by atoms with Crippen LogP contribution in [0.25, 0.3) is 0 Å². The van der Waals surface area contributed by atoms with E-state index in [1.165, 1.54) is 6.26 Å². The highest BCUT2D eigenvalue weighted by molar-refractivity contribution is 6.02. The van der Waals surface area contributed by atoms with Gasteiger partial charge in [0, 0.05) is 11.3 Å². The molecule has 0 radical (unpaired) electrons. The zero-order chi connectivity index (χ0) is 14.4. The predicted octanol–water partition coefficient (Wildman–Crippen LogP) is 2.40. The largest absolute Gasteiger partial charge is 0.459 e. The van der Waals surface area contributed by atoms with Crippen LogP contribution in [0.4, 0.5) is 5.69 Å². The molecule has 0 saturated carbocycles. The standard InChI is InChI=1S/C16H16N2O2/c1-2-13-11-12(5-3-9-17)7-8-14(13)18-16(19)15-6-4-10-20-15/h4,6-8,10-11H,2,9,17H2,1H3,(H,18,19). The van der Waals surface area contributed by atoms with Crippen LogP contribution >= 0.6 is 0 Å². The number of hydrogen-bond donors (Lipinski definition) is 2. The van der Waals surface area contributed by atoms with Crippen LogP contribution in [0, 0.1) is 11.8 Å². The summed E-state index contributed by atoms with van der Waals surface area (Å²) in [6.07, 6.45) is 2.27. The van der Waals surface area contributed by atoms with Crippen LogP contribution in [0.1, 0.15) is 28.6 Å². The highest BCUT2D eigenvalue weighted by Gasteiger charge is 2.10. The maximum absolute atomic E-state index is 12.0. The van der Waals surface area contributed by atoms with Crippen molar-refractivity contribution in [3.05, 3.63) is 53.5 Å². The van der Waals surface area contributed by atoms with E-state index >= 15 is 0 Å². The molecule has 0 atom stereocenters. The molecule has 0 aliphatic heterocycles. The van der Waals surface area contributed by atoms with Crippen molar-refractivity contribution in [2.45, 2.75) is 13.3 Å². The maximum atomic E-state index is 12.0. The van der Waals surface area contributed by atoms with E-state index in [9.17, 15) is 4.79 Å². The third-order valence-electron chi connectivity index (χ3n) is 2.81. The number of amides is 1. The molecule has 0 fully saturated rings. The summed E-state index contributed by atoms with van der Waals surface area (Å²) in [5.74, 6) is 5.83. The number of nitrogens with one attached hydrogen (secondary N) is 1. The lowest BCUT2D eigenvalue weighted by atomic mass is 10.1. The minimum Gasteiger partial charge on any atom is -0.459 e. The van der Waals surface area contributed by atoms with Crippen LogP contribution in [0.15, 0.2) is 41.0 Å². The van der Waals surface area contributed by atoms with Crippen molar-refractivity contribution in [2.24, 2.45) is 5.73 Å². The second-order valence-corrected chi connectivity index (χ2v) is 4.16. The Morgan fingerprint density at radius 1 is 1.40 bits per heavy atom. The quantitative estimate of drug-likeness (QED) is 0.840. The van der Waals surface area contributed by atoms with Crippen LogP contribution in [0.5, 0.6) is 0 Å². The number of hydrogen-bond acceptors (Lipinski definition) is 3. The van der Waals surface area contributed by atoms with Crippen molar-refractivity contribution in [2.75, 3.05) is 11.9 Å². The average Bonchev–Trinajstić information content (AvgIpc) is 3.00. The van der Waals surface area contributed by atoms with Gasteiger partial charge in [-0.1, -0.05) is 18.8 Å². The topological polar surface area (TPSA) is 68.3 Å². The van der Waals surface area contributed by atoms with Gasteiger partial charge in [0.2, 0.25) is 0 Å². The SMILES string of the molecule is CCc1cc(C#CCN)ccc1NC(=O)c1ccco1. The minimum absolute atomic E-state index is 0.259. The van der Waals surface area contributed by atoms with Gasteiger partial charge in [0.15, 0.2) is 5.76 Å². The first-order valence-electron chi connectivity index (χ1n) is 6.41. The second-order valence-electron chi connectivity index (χ2n) is 4.16. The zero-order valence-corrected chi connectivity index (χ0v) is 11.3. The molecule has 0 unspecified atom stereocenters. The van der Waals surface area contributed by atoms with Gasteiger partial charge in [-0.05, 0) is 42.3 Å². The molecule has 1 amide bonds. The first-order chi connectivity index (χ1) is 9.74. The van der Waals surface area contributed by atoms with Crippen molar-refractivity contribution in [3.8, 4) is 11.8 Å². The molecule has 0 saturated heterocycles. The third kappa shape index (κ3) is 3.28. The summed E-state index contributed by atoms with van der Waals surface area (Å²) in [6.45, 7) is 2.36. The maximum Gasteiger partial charge on any atom is 0.291 e. The summed E-state index contributed by atoms with van der Waals surface area (Å²) in [5.41, 5.74) is 8.04. The normalized spacial score (nSPS) is 9.70. The molecule has 20 heavy (non-hydrogen) atoms. The van der Waals surface area contributed by atoms with Gasteiger partial charge in [0.25, 0.3) is 5.91 Å². The van der Waals surface area contributed by atoms with E-state index in [0.29, 0.717) is 12.3 Å². The molecule has 2 rings (SSSR count). The molecular formula is C16H16N2O2. The minimum atomic E-state index is -0.259. The van der Waals surface area contributed by atoms with Gasteiger partial charge in [-0.15, -0.1) is 0 Å². The van der Waals surface area contributed by atoms with Crippen LogP contribution in [0.3, 0.4) is 0 Å². The molecule has 0 bridgehead atoms. The van der Waals surface area contributed by atoms with Gasteiger partial charge in [-0.2, -0.15) is 0 Å². The van der Waals surface area contributed by atoms with E-state index in [4.69, 9.17) is 10.2 Å². The summed E-state index contributed by atoms with van der Waals surface area (Å²) in [5, 5.41) is 2.84. The number of carbonyl (C=O) groups is 1. The van der Waals surface area contributed by atoms with Crippen LogP contribution in [-0.2, 0) is 6.42 Å². The molecular weight excluding hydrogens is 252 g/mol. The smallest absolute Gasteiger partial charge is 0.291 e. The lowest BCUT2D eigenvalue weighted by Crippen LogP contribution is -2.12. The molecule has 4 nitrogen and oxygen atoms in total. The molecule has 0 aliphatic carbocycles. The third-order valence-corrected chi connectivity index (χ3v) is 2.81. The van der Waals surface area contributed by atoms with Crippen molar-refractivity contribution in [1.29, 1.82) is 0 Å². The van der Waals surface area contributed by atoms with Gasteiger partial charge >= 0.3 is 0 Å². The molecule has 0 aliphatic rings. The summed E-state index contributed by atoms with van der Waals surface area (Å²) in [6, 6.07) is 8.98. The van der Waals surface area contributed by atoms with Gasteiger partial charge < -0.3 is 15.5 Å². The molecule has 4 heteroatoms. The monoisotopic (exact) mass is 268 g/mol. The van der Waals surface area contributed by atoms with E-state index in [1.54, 1.807) is 12.1 Å². The van der Waals surface area contributed by atoms with Crippen LogP contribution in [-0.4, -0.2) is 12.5 Å². The zero-order valence-electron chi connectivity index (χ0n) is 11.3. The Hall–Kier alpha value is -2.51. The number of nitrogens with two attached hydrogens (primary N) is 1. The molecule has 2 aromatic rings. The number of carbonyl (C=O) groups excluding carboxylic acids is 1. The average molecular weight is 268 g/mol. The molecule has 1 aromatic heterocycles. The van der Waals surface area contributed by atoms with Gasteiger partial charge in [0.05, 0.1) is 12.8 Å². The Labute approximate surface area is 118 Å². The number of furan rings is 1. The van der Waals surface area contributed by atoms with E-state index in [-0.39, 0.29) is 5.91 Å². The Bertz CT molecular complexity index is 649. The summed E-state index contributed by atoms with van der Waals surface area (Å²) >= 11 is 0. The summed E-state index contributed by atoms with van der Waals surface area (Å²) in [7, 11) is 0. The Morgan fingerprint density at radius 2 is 2.25 bits per heavy atom. The fraction of sp³-hybridized carbons (Fsp3) is 0.188. The number of benzene rings is 1. The Balaban J connectivity index is 2.21. The highest BCUT2D eigenvalue weighted by atomic mass is 16.3. The predicted molar refractivity (Wildman–Crippen MR) is 78.4 cm³/mol. The van der Waals surface area contributed by atoms with E-state index in [0.717, 1.165) is 23.2 Å².